The van der Waals surface area contributed by atoms with Crippen LogP contribution in [0.3, 0.4) is 0 Å². The minimum atomic E-state index is 0.522. The van der Waals surface area contributed by atoms with Crippen LogP contribution in [0.1, 0.15) is 6.42 Å². The summed E-state index contributed by atoms with van der Waals surface area (Å²) >= 11 is 0. The van der Waals surface area contributed by atoms with Gasteiger partial charge < -0.3 is 4.74 Å². The van der Waals surface area contributed by atoms with Gasteiger partial charge in [0.1, 0.15) is 0 Å². The molecule has 0 bridgehead atoms. The molecule has 0 aromatic rings. The fourth-order valence-electron chi connectivity index (χ4n) is 0.673. The predicted molar refractivity (Wildman–Crippen MR) is 48.3 cm³/mol. The lowest BCUT2D eigenvalue weighted by Gasteiger charge is -1.94. The fourth-order valence-corrected chi connectivity index (χ4v) is 8.79. The first-order valence-electron chi connectivity index (χ1n) is 3.40. The van der Waals surface area contributed by atoms with Crippen molar-refractivity contribution >= 4 is 27.4 Å². The maximum atomic E-state index is 4.94. The number of ether oxygens (including phenoxy) is 1. The lowest BCUT2D eigenvalue weighted by molar-refractivity contribution is 0.199. The molecule has 1 nitrogen and oxygen atoms in total. The van der Waals surface area contributed by atoms with Gasteiger partial charge in [0.25, 0.3) is 0 Å². The molecule has 0 N–H and O–H groups in total. The van der Waals surface area contributed by atoms with Crippen LogP contribution >= 0.6 is 0 Å². The SMILES string of the molecule is COCCC[SiH2][SiH2][SiH3]. The van der Waals surface area contributed by atoms with Crippen molar-refractivity contribution in [3.63, 3.8) is 0 Å². The Kier molecular flexibility index (Phi) is 8.19. The number of hydrogen-bond donors (Lipinski definition) is 0. The van der Waals surface area contributed by atoms with E-state index in [0.29, 0.717) is 17.6 Å². The van der Waals surface area contributed by atoms with Gasteiger partial charge in [0, 0.05) is 22.8 Å². The smallest absolute Gasteiger partial charge is 0.0459 e. The van der Waals surface area contributed by atoms with E-state index in [2.05, 4.69) is 0 Å². The van der Waals surface area contributed by atoms with Crippen molar-refractivity contribution in [2.75, 3.05) is 13.7 Å². The van der Waals surface area contributed by atoms with Gasteiger partial charge in [-0.15, -0.1) is 0 Å². The van der Waals surface area contributed by atoms with E-state index in [-0.39, 0.29) is 0 Å². The highest BCUT2D eigenvalue weighted by Crippen LogP contribution is 1.85. The summed E-state index contributed by atoms with van der Waals surface area (Å²) in [5.74, 6) is 0. The molecule has 50 valence electrons. The molecule has 0 aliphatic heterocycles. The molecule has 0 rings (SSSR count). The maximum absolute atomic E-state index is 4.94. The fraction of sp³-hybridized carbons (Fsp3) is 1.00. The lowest BCUT2D eigenvalue weighted by atomic mass is 10.5. The Morgan fingerprint density at radius 1 is 1.62 bits per heavy atom. The molecule has 0 saturated heterocycles. The van der Waals surface area contributed by atoms with Crippen molar-refractivity contribution in [3.8, 4) is 0 Å². The monoisotopic (exact) mass is 164 g/mol. The Morgan fingerprint density at radius 2 is 2.38 bits per heavy atom. The van der Waals surface area contributed by atoms with Gasteiger partial charge in [-0.3, -0.25) is 0 Å². The van der Waals surface area contributed by atoms with Crippen LogP contribution in [0.5, 0.6) is 0 Å². The first-order chi connectivity index (χ1) is 3.91. The maximum Gasteiger partial charge on any atom is 0.0459 e. The highest BCUT2D eigenvalue weighted by atomic mass is 29.5. The van der Waals surface area contributed by atoms with Crippen LogP contribution in [0.4, 0.5) is 0 Å². The second-order valence-electron chi connectivity index (χ2n) is 2.05. The molecular formula is C4H16OSi3. The Labute approximate surface area is 58.8 Å². The molecule has 0 fully saturated rings. The van der Waals surface area contributed by atoms with Gasteiger partial charge in [-0.05, 0) is 24.7 Å². The summed E-state index contributed by atoms with van der Waals surface area (Å²) in [4.78, 5) is 0. The van der Waals surface area contributed by atoms with Gasteiger partial charge in [-0.1, -0.05) is 6.04 Å². The summed E-state index contributed by atoms with van der Waals surface area (Å²) in [6.07, 6.45) is 1.35. The molecule has 8 heavy (non-hydrogen) atoms. The summed E-state index contributed by atoms with van der Waals surface area (Å²) in [7, 11) is 4.49. The second-order valence-corrected chi connectivity index (χ2v) is 18.6. The zero-order valence-electron chi connectivity index (χ0n) is 5.94. The molecule has 0 aromatic carbocycles. The predicted octanol–water partition coefficient (Wildman–Crippen LogP) is -2.03. The first kappa shape index (κ1) is 8.61. The van der Waals surface area contributed by atoms with Crippen molar-refractivity contribution in [2.24, 2.45) is 0 Å². The van der Waals surface area contributed by atoms with Gasteiger partial charge in [0.2, 0.25) is 0 Å². The van der Waals surface area contributed by atoms with Crippen molar-refractivity contribution in [3.05, 3.63) is 0 Å². The molecule has 0 aromatic heterocycles. The third-order valence-electron chi connectivity index (χ3n) is 1.20. The first-order valence-corrected chi connectivity index (χ1v) is 14.1. The number of methoxy groups -OCH3 is 1. The summed E-state index contributed by atoms with van der Waals surface area (Å²) in [6.45, 7) is 1.00. The molecule has 0 amide bonds. The average Bonchev–Trinajstić information content (AvgIpc) is 1.81. The minimum absolute atomic E-state index is 0.522. The quantitative estimate of drug-likeness (QED) is 0.337. The molecule has 0 unspecified atom stereocenters. The summed E-state index contributed by atoms with van der Waals surface area (Å²) in [5.41, 5.74) is 0. The van der Waals surface area contributed by atoms with Crippen LogP contribution in [-0.2, 0) is 4.74 Å². The van der Waals surface area contributed by atoms with Crippen LogP contribution in [-0.4, -0.2) is 41.1 Å². The zero-order chi connectivity index (χ0) is 6.24. The van der Waals surface area contributed by atoms with Crippen molar-refractivity contribution in [1.29, 1.82) is 0 Å². The number of hydrogen-bond acceptors (Lipinski definition) is 1. The normalized spacial score (nSPS) is 13.1. The van der Waals surface area contributed by atoms with Gasteiger partial charge in [0.05, 0.1) is 0 Å². The largest absolute Gasteiger partial charge is 0.385 e. The van der Waals surface area contributed by atoms with E-state index in [1.54, 1.807) is 22.9 Å². The van der Waals surface area contributed by atoms with Crippen molar-refractivity contribution in [2.45, 2.75) is 12.5 Å². The molecule has 4 heteroatoms. The molecule has 0 radical (unpaired) electrons. The van der Waals surface area contributed by atoms with Crippen LogP contribution in [0.2, 0.25) is 6.04 Å². The highest BCUT2D eigenvalue weighted by Gasteiger charge is 1.84. The van der Waals surface area contributed by atoms with Crippen molar-refractivity contribution < 1.29 is 4.74 Å². The van der Waals surface area contributed by atoms with Crippen LogP contribution in [0.25, 0.3) is 0 Å². The van der Waals surface area contributed by atoms with E-state index in [9.17, 15) is 0 Å². The van der Waals surface area contributed by atoms with E-state index in [4.69, 9.17) is 4.74 Å². The molecule has 0 spiro atoms. The summed E-state index contributed by atoms with van der Waals surface area (Å²) in [5, 5.41) is 0. The molecular weight excluding hydrogens is 148 g/mol. The zero-order valence-corrected chi connectivity index (χ0v) is 10.8. The highest BCUT2D eigenvalue weighted by molar-refractivity contribution is 7.23. The van der Waals surface area contributed by atoms with Crippen LogP contribution < -0.4 is 0 Å². The summed E-state index contributed by atoms with van der Waals surface area (Å²) < 4.78 is 4.94. The Morgan fingerprint density at radius 3 is 2.88 bits per heavy atom. The molecule has 0 atom stereocenters. The van der Waals surface area contributed by atoms with Crippen LogP contribution in [0.15, 0.2) is 0 Å². The molecule has 0 heterocycles. The van der Waals surface area contributed by atoms with Gasteiger partial charge in [-0.2, -0.15) is 0 Å². The van der Waals surface area contributed by atoms with Crippen molar-refractivity contribution in [1.82, 2.24) is 0 Å². The van der Waals surface area contributed by atoms with E-state index >= 15 is 0 Å². The minimum Gasteiger partial charge on any atom is -0.385 e. The third kappa shape index (κ3) is 6.61. The second kappa shape index (κ2) is 7.61. The van der Waals surface area contributed by atoms with Gasteiger partial charge in [0.15, 0.2) is 0 Å². The van der Waals surface area contributed by atoms with E-state index < -0.39 is 0 Å². The number of rotatable bonds is 5. The Hall–Kier alpha value is 0.611. The summed E-state index contributed by atoms with van der Waals surface area (Å²) in [6, 6.07) is 1.56. The van der Waals surface area contributed by atoms with E-state index in [1.165, 1.54) is 6.42 Å². The third-order valence-corrected chi connectivity index (χ3v) is 12.9. The van der Waals surface area contributed by atoms with Gasteiger partial charge >= 0.3 is 0 Å². The average molecular weight is 164 g/mol. The Balaban J connectivity index is 2.53. The topological polar surface area (TPSA) is 9.23 Å². The molecule has 0 saturated carbocycles. The molecule has 0 aliphatic rings. The van der Waals surface area contributed by atoms with E-state index in [0.717, 1.165) is 6.61 Å². The van der Waals surface area contributed by atoms with Crippen LogP contribution in [0, 0.1) is 0 Å². The van der Waals surface area contributed by atoms with E-state index in [1.807, 2.05) is 0 Å². The van der Waals surface area contributed by atoms with Gasteiger partial charge in [-0.25, -0.2) is 0 Å². The standard InChI is InChI=1S/C4H16OSi3/c1-5-3-2-4-7-8-6/h2-4,7-8H2,1,6H3. The Bertz CT molecular complexity index is 36.3. The molecule has 0 aliphatic carbocycles. The lowest BCUT2D eigenvalue weighted by Crippen LogP contribution is -2.03.